The van der Waals surface area contributed by atoms with Gasteiger partial charge in [0.1, 0.15) is 4.88 Å². The fourth-order valence-corrected chi connectivity index (χ4v) is 4.48. The molecule has 1 amide bonds. The maximum atomic E-state index is 13.1. The van der Waals surface area contributed by atoms with Crippen LogP contribution in [-0.2, 0) is 4.74 Å². The van der Waals surface area contributed by atoms with Crippen LogP contribution in [0.25, 0.3) is 32.9 Å². The van der Waals surface area contributed by atoms with Crippen molar-refractivity contribution in [2.24, 2.45) is 0 Å². The molecule has 0 atom stereocenters. The van der Waals surface area contributed by atoms with Crippen molar-refractivity contribution in [2.75, 3.05) is 12.4 Å². The Morgan fingerprint density at radius 3 is 2.58 bits per heavy atom. The van der Waals surface area contributed by atoms with Gasteiger partial charge in [0.15, 0.2) is 5.76 Å². The van der Waals surface area contributed by atoms with Gasteiger partial charge < -0.3 is 14.5 Å². The summed E-state index contributed by atoms with van der Waals surface area (Å²) in [5, 5.41) is 3.78. The number of rotatable bonds is 5. The number of oxazole rings is 1. The Morgan fingerprint density at radius 1 is 0.970 bits per heavy atom. The summed E-state index contributed by atoms with van der Waals surface area (Å²) in [5.74, 6) is 0.338. The first-order chi connectivity index (χ1) is 16.1. The predicted octanol–water partition coefficient (Wildman–Crippen LogP) is 6.26. The van der Waals surface area contributed by atoms with Crippen molar-refractivity contribution in [3.8, 4) is 22.8 Å². The highest BCUT2D eigenvalue weighted by molar-refractivity contribution is 7.20. The van der Waals surface area contributed by atoms with Crippen molar-refractivity contribution in [1.82, 2.24) is 4.98 Å². The number of thiophene rings is 1. The molecule has 7 heteroatoms. The largest absolute Gasteiger partial charge is 0.465 e. The van der Waals surface area contributed by atoms with E-state index in [2.05, 4.69) is 10.3 Å². The lowest BCUT2D eigenvalue weighted by Crippen LogP contribution is -2.13. The first-order valence-corrected chi connectivity index (χ1v) is 11.0. The molecule has 0 radical (unpaired) electrons. The van der Waals surface area contributed by atoms with Gasteiger partial charge in [-0.1, -0.05) is 42.5 Å². The number of ether oxygens (including phenoxy) is 1. The minimum absolute atomic E-state index is 0.284. The molecule has 0 spiro atoms. The number of benzene rings is 3. The van der Waals surface area contributed by atoms with Crippen LogP contribution in [0.5, 0.6) is 0 Å². The van der Waals surface area contributed by atoms with Crippen molar-refractivity contribution < 1.29 is 18.7 Å². The van der Waals surface area contributed by atoms with Crippen LogP contribution in [0.4, 0.5) is 5.69 Å². The van der Waals surface area contributed by atoms with Crippen molar-refractivity contribution in [1.29, 1.82) is 0 Å². The molecule has 0 saturated heterocycles. The molecule has 5 aromatic rings. The Labute approximate surface area is 193 Å². The first kappa shape index (κ1) is 20.7. The number of carbonyl (C=O) groups excluding carboxylic acids is 2. The number of nitrogens with zero attached hydrogens (tertiary/aromatic N) is 1. The molecular weight excluding hydrogens is 436 g/mol. The number of anilines is 1. The van der Waals surface area contributed by atoms with Gasteiger partial charge in [-0.25, -0.2) is 9.78 Å². The third kappa shape index (κ3) is 4.14. The van der Waals surface area contributed by atoms with Gasteiger partial charge in [0, 0.05) is 21.5 Å². The highest BCUT2D eigenvalue weighted by atomic mass is 32.1. The molecule has 0 aliphatic heterocycles. The summed E-state index contributed by atoms with van der Waals surface area (Å²) in [6.45, 7) is 0. The number of fused-ring (bicyclic) bond motifs is 1. The van der Waals surface area contributed by atoms with E-state index in [9.17, 15) is 9.59 Å². The molecule has 1 N–H and O–H groups in total. The second-order valence-corrected chi connectivity index (χ2v) is 8.33. The molecular formula is C26H18N2O4S. The monoisotopic (exact) mass is 454 g/mol. The fraction of sp³-hybridized carbons (Fsp3) is 0.0385. The highest BCUT2D eigenvalue weighted by Gasteiger charge is 2.18. The van der Waals surface area contributed by atoms with Crippen LogP contribution in [-0.4, -0.2) is 24.0 Å². The SMILES string of the molecule is COC(=O)c1cc2cc(NC(=O)c3ccccc3-c3ncc(-c4ccccc4)o3)ccc2s1. The summed E-state index contributed by atoms with van der Waals surface area (Å²) in [6.07, 6.45) is 1.66. The zero-order chi connectivity index (χ0) is 22.8. The van der Waals surface area contributed by atoms with Gasteiger partial charge in [-0.3, -0.25) is 4.79 Å². The quantitative estimate of drug-likeness (QED) is 0.317. The third-order valence-electron chi connectivity index (χ3n) is 5.13. The predicted molar refractivity (Wildman–Crippen MR) is 128 cm³/mol. The Kier molecular flexibility index (Phi) is 5.46. The fourth-order valence-electron chi connectivity index (χ4n) is 3.52. The third-order valence-corrected chi connectivity index (χ3v) is 6.22. The molecule has 0 fully saturated rings. The molecule has 0 bridgehead atoms. The number of methoxy groups -OCH3 is 1. The van der Waals surface area contributed by atoms with Crippen LogP contribution < -0.4 is 5.32 Å². The lowest BCUT2D eigenvalue weighted by molar-refractivity contribution is 0.0606. The zero-order valence-corrected chi connectivity index (χ0v) is 18.4. The average molecular weight is 455 g/mol. The average Bonchev–Trinajstić information content (AvgIpc) is 3.51. The number of esters is 1. The van der Waals surface area contributed by atoms with E-state index in [1.165, 1.54) is 18.4 Å². The maximum Gasteiger partial charge on any atom is 0.348 e. The van der Waals surface area contributed by atoms with E-state index in [0.29, 0.717) is 33.3 Å². The van der Waals surface area contributed by atoms with E-state index in [4.69, 9.17) is 9.15 Å². The van der Waals surface area contributed by atoms with Gasteiger partial charge in [0.05, 0.1) is 18.9 Å². The number of nitrogens with one attached hydrogen (secondary N) is 1. The van der Waals surface area contributed by atoms with Gasteiger partial charge >= 0.3 is 5.97 Å². The summed E-state index contributed by atoms with van der Waals surface area (Å²) in [5.41, 5.74) is 2.57. The molecule has 162 valence electrons. The number of hydrogen-bond acceptors (Lipinski definition) is 6. The number of amides is 1. The van der Waals surface area contributed by atoms with Crippen molar-refractivity contribution in [3.63, 3.8) is 0 Å². The topological polar surface area (TPSA) is 81.4 Å². The second-order valence-electron chi connectivity index (χ2n) is 7.25. The number of hydrogen-bond donors (Lipinski definition) is 1. The van der Waals surface area contributed by atoms with Gasteiger partial charge in [-0.2, -0.15) is 0 Å². The first-order valence-electron chi connectivity index (χ1n) is 10.2. The van der Waals surface area contributed by atoms with Crippen molar-refractivity contribution >= 4 is 39.0 Å². The van der Waals surface area contributed by atoms with E-state index in [0.717, 1.165) is 15.6 Å². The van der Waals surface area contributed by atoms with Crippen molar-refractivity contribution in [2.45, 2.75) is 0 Å². The smallest absolute Gasteiger partial charge is 0.348 e. The Morgan fingerprint density at radius 2 is 1.76 bits per heavy atom. The van der Waals surface area contributed by atoms with Crippen LogP contribution in [0.3, 0.4) is 0 Å². The Bertz CT molecular complexity index is 1470. The van der Waals surface area contributed by atoms with Crippen LogP contribution in [0, 0.1) is 0 Å². The van der Waals surface area contributed by atoms with Gasteiger partial charge in [0.2, 0.25) is 5.89 Å². The van der Waals surface area contributed by atoms with Crippen molar-refractivity contribution in [3.05, 3.63) is 95.5 Å². The molecule has 2 heterocycles. The molecule has 2 aromatic heterocycles. The Hall–Kier alpha value is -4.23. The van der Waals surface area contributed by atoms with Crippen LogP contribution >= 0.6 is 11.3 Å². The summed E-state index contributed by atoms with van der Waals surface area (Å²) in [6, 6.07) is 24.1. The summed E-state index contributed by atoms with van der Waals surface area (Å²) in [7, 11) is 1.35. The minimum Gasteiger partial charge on any atom is -0.465 e. The molecule has 3 aromatic carbocycles. The van der Waals surface area contributed by atoms with E-state index in [1.807, 2.05) is 48.5 Å². The number of carbonyl (C=O) groups is 2. The Balaban J connectivity index is 1.42. The zero-order valence-electron chi connectivity index (χ0n) is 17.6. The molecule has 6 nitrogen and oxygen atoms in total. The standard InChI is InChI=1S/C26H18N2O4S/c1-31-26(30)23-14-17-13-18(11-12-22(17)33-23)28-24(29)19-9-5-6-10-20(19)25-27-15-21(32-25)16-7-3-2-4-8-16/h2-15H,1H3,(H,28,29). The van der Waals surface area contributed by atoms with Crippen LogP contribution in [0.2, 0.25) is 0 Å². The van der Waals surface area contributed by atoms with Gasteiger partial charge in [-0.05, 0) is 41.8 Å². The normalized spacial score (nSPS) is 10.8. The van der Waals surface area contributed by atoms with E-state index in [1.54, 1.807) is 36.5 Å². The lowest BCUT2D eigenvalue weighted by atomic mass is 10.1. The number of aromatic nitrogens is 1. The van der Waals surface area contributed by atoms with Crippen LogP contribution in [0.1, 0.15) is 20.0 Å². The lowest BCUT2D eigenvalue weighted by Gasteiger charge is -2.08. The molecule has 0 saturated carbocycles. The second kappa shape index (κ2) is 8.72. The molecule has 0 aliphatic carbocycles. The van der Waals surface area contributed by atoms with Gasteiger partial charge in [0.25, 0.3) is 5.91 Å². The minimum atomic E-state index is -0.378. The van der Waals surface area contributed by atoms with E-state index >= 15 is 0 Å². The summed E-state index contributed by atoms with van der Waals surface area (Å²) in [4.78, 5) is 29.8. The molecule has 0 aliphatic rings. The van der Waals surface area contributed by atoms with E-state index < -0.39 is 0 Å². The molecule has 5 rings (SSSR count). The molecule has 33 heavy (non-hydrogen) atoms. The van der Waals surface area contributed by atoms with Crippen LogP contribution in [0.15, 0.2) is 89.5 Å². The highest BCUT2D eigenvalue weighted by Crippen LogP contribution is 2.31. The summed E-state index contributed by atoms with van der Waals surface area (Å²) < 4.78 is 11.7. The maximum absolute atomic E-state index is 13.1. The van der Waals surface area contributed by atoms with Gasteiger partial charge in [-0.15, -0.1) is 11.3 Å². The van der Waals surface area contributed by atoms with E-state index in [-0.39, 0.29) is 11.9 Å². The molecule has 0 unspecified atom stereocenters. The summed E-state index contributed by atoms with van der Waals surface area (Å²) >= 11 is 1.35.